The number of nitrogens with two attached hydrogens (primary N) is 1. The van der Waals surface area contributed by atoms with Gasteiger partial charge in [-0.1, -0.05) is 0 Å². The van der Waals surface area contributed by atoms with Crippen molar-refractivity contribution >= 4 is 17.3 Å². The number of nitrogens with one attached hydrogen (secondary N) is 1. The molecule has 0 aliphatic rings. The lowest BCUT2D eigenvalue weighted by atomic mass is 10.2. The number of nitrogen functional groups attached to an aromatic ring is 1. The zero-order chi connectivity index (χ0) is 13.0. The van der Waals surface area contributed by atoms with Crippen molar-refractivity contribution < 1.29 is 13.6 Å². The third kappa shape index (κ3) is 3.10. The summed E-state index contributed by atoms with van der Waals surface area (Å²) in [6.45, 7) is 0. The maximum atomic E-state index is 13.4. The first kappa shape index (κ1) is 12.2. The molecule has 1 amide bonds. The quantitative estimate of drug-likeness (QED) is 0.817. The molecule has 0 bridgehead atoms. The van der Waals surface area contributed by atoms with Crippen LogP contribution in [-0.2, 0) is 11.2 Å². The fraction of sp³-hybridized carbons (Fsp3) is 0.154. The number of anilines is 2. The van der Waals surface area contributed by atoms with E-state index in [0.29, 0.717) is 12.1 Å². The fourth-order valence-electron chi connectivity index (χ4n) is 1.54. The van der Waals surface area contributed by atoms with Crippen LogP contribution in [0.5, 0.6) is 0 Å². The molecule has 18 heavy (non-hydrogen) atoms. The molecule has 0 saturated heterocycles. The number of carbonyl (C=O) groups is 1. The van der Waals surface area contributed by atoms with Crippen molar-refractivity contribution in [2.75, 3.05) is 11.1 Å². The average molecular weight is 248 g/mol. The molecule has 0 unspecified atom stereocenters. The standard InChI is InChI=1S/C13H13FN2O2/c14-11-5-3-9(15)8-12(11)16-13(17)6-4-10-2-1-7-18-10/h1-3,5,7-8H,4,6,15H2,(H,16,17). The summed E-state index contributed by atoms with van der Waals surface area (Å²) >= 11 is 0. The Kier molecular flexibility index (Phi) is 3.62. The molecule has 0 spiro atoms. The van der Waals surface area contributed by atoms with Gasteiger partial charge in [-0.3, -0.25) is 4.79 Å². The van der Waals surface area contributed by atoms with E-state index in [2.05, 4.69) is 5.32 Å². The number of aryl methyl sites for hydroxylation is 1. The molecule has 0 radical (unpaired) electrons. The predicted molar refractivity (Wildman–Crippen MR) is 66.5 cm³/mol. The minimum atomic E-state index is -0.504. The first-order valence-electron chi connectivity index (χ1n) is 5.52. The first-order chi connectivity index (χ1) is 8.65. The van der Waals surface area contributed by atoms with Gasteiger partial charge in [-0.25, -0.2) is 4.39 Å². The number of hydrogen-bond acceptors (Lipinski definition) is 3. The highest BCUT2D eigenvalue weighted by molar-refractivity contribution is 5.91. The summed E-state index contributed by atoms with van der Waals surface area (Å²) in [6, 6.07) is 7.59. The van der Waals surface area contributed by atoms with Gasteiger partial charge in [-0.15, -0.1) is 0 Å². The van der Waals surface area contributed by atoms with Crippen molar-refractivity contribution in [1.82, 2.24) is 0 Å². The molecule has 3 N–H and O–H groups in total. The smallest absolute Gasteiger partial charge is 0.224 e. The highest BCUT2D eigenvalue weighted by Crippen LogP contribution is 2.17. The normalized spacial score (nSPS) is 10.3. The van der Waals surface area contributed by atoms with Crippen molar-refractivity contribution in [1.29, 1.82) is 0 Å². The van der Waals surface area contributed by atoms with Gasteiger partial charge in [-0.05, 0) is 30.3 Å². The number of hydrogen-bond donors (Lipinski definition) is 2. The third-order valence-corrected chi connectivity index (χ3v) is 2.44. The van der Waals surface area contributed by atoms with E-state index in [1.165, 1.54) is 18.2 Å². The van der Waals surface area contributed by atoms with Crippen molar-refractivity contribution in [3.63, 3.8) is 0 Å². The number of furan rings is 1. The van der Waals surface area contributed by atoms with Crippen LogP contribution in [0.15, 0.2) is 41.0 Å². The second-order valence-corrected chi connectivity index (χ2v) is 3.87. The first-order valence-corrected chi connectivity index (χ1v) is 5.52. The Morgan fingerprint density at radius 3 is 2.94 bits per heavy atom. The lowest BCUT2D eigenvalue weighted by Gasteiger charge is -2.06. The van der Waals surface area contributed by atoms with Crippen LogP contribution in [0, 0.1) is 5.82 Å². The summed E-state index contributed by atoms with van der Waals surface area (Å²) in [6.07, 6.45) is 2.25. The molecule has 2 aromatic rings. The van der Waals surface area contributed by atoms with Crippen molar-refractivity contribution in [2.45, 2.75) is 12.8 Å². The molecule has 0 fully saturated rings. The summed E-state index contributed by atoms with van der Waals surface area (Å²) in [5.74, 6) is -0.0651. The second kappa shape index (κ2) is 5.35. The van der Waals surface area contributed by atoms with Crippen LogP contribution in [0.25, 0.3) is 0 Å². The molecule has 1 heterocycles. The number of benzene rings is 1. The number of amides is 1. The van der Waals surface area contributed by atoms with Gasteiger partial charge < -0.3 is 15.5 Å². The maximum Gasteiger partial charge on any atom is 0.224 e. The van der Waals surface area contributed by atoms with Gasteiger partial charge in [-0.2, -0.15) is 0 Å². The highest BCUT2D eigenvalue weighted by Gasteiger charge is 2.08. The molecule has 1 aromatic carbocycles. The molecule has 4 nitrogen and oxygen atoms in total. The van der Waals surface area contributed by atoms with Crippen LogP contribution in [0.2, 0.25) is 0 Å². The number of carbonyl (C=O) groups excluding carboxylic acids is 1. The minimum absolute atomic E-state index is 0.0967. The van der Waals surface area contributed by atoms with E-state index in [0.717, 1.165) is 5.76 Å². The van der Waals surface area contributed by atoms with Crippen molar-refractivity contribution in [2.24, 2.45) is 0 Å². The molecule has 0 atom stereocenters. The second-order valence-electron chi connectivity index (χ2n) is 3.87. The SMILES string of the molecule is Nc1ccc(F)c(NC(=O)CCc2ccco2)c1. The number of rotatable bonds is 4. The monoisotopic (exact) mass is 248 g/mol. The summed E-state index contributed by atoms with van der Waals surface area (Å²) in [5, 5.41) is 2.48. The molecular weight excluding hydrogens is 235 g/mol. The molecule has 2 rings (SSSR count). The molecule has 1 aromatic heterocycles. The van der Waals surface area contributed by atoms with Crippen LogP contribution in [0.4, 0.5) is 15.8 Å². The van der Waals surface area contributed by atoms with E-state index in [9.17, 15) is 9.18 Å². The fourth-order valence-corrected chi connectivity index (χ4v) is 1.54. The Balaban J connectivity index is 1.92. The average Bonchev–Trinajstić information content (AvgIpc) is 2.84. The molecule has 0 aliphatic carbocycles. The van der Waals surface area contributed by atoms with Gasteiger partial charge in [0.15, 0.2) is 0 Å². The van der Waals surface area contributed by atoms with Gasteiger partial charge in [0, 0.05) is 18.5 Å². The Bertz CT molecular complexity index is 538. The zero-order valence-corrected chi connectivity index (χ0v) is 9.65. The minimum Gasteiger partial charge on any atom is -0.469 e. The van der Waals surface area contributed by atoms with E-state index < -0.39 is 5.82 Å². The molecular formula is C13H13FN2O2. The summed E-state index contributed by atoms with van der Waals surface area (Å²) < 4.78 is 18.5. The Labute approximate surface area is 104 Å². The lowest BCUT2D eigenvalue weighted by Crippen LogP contribution is -2.13. The predicted octanol–water partition coefficient (Wildman–Crippen LogP) is 2.57. The van der Waals surface area contributed by atoms with Crippen molar-refractivity contribution in [3.05, 3.63) is 48.2 Å². The Morgan fingerprint density at radius 2 is 2.22 bits per heavy atom. The largest absolute Gasteiger partial charge is 0.469 e. The van der Waals surface area contributed by atoms with E-state index >= 15 is 0 Å². The summed E-state index contributed by atoms with van der Waals surface area (Å²) in [7, 11) is 0. The molecule has 0 aliphatic heterocycles. The number of halogens is 1. The van der Waals surface area contributed by atoms with E-state index in [4.69, 9.17) is 10.2 Å². The van der Waals surface area contributed by atoms with Crippen LogP contribution in [0.1, 0.15) is 12.2 Å². The summed E-state index contributed by atoms with van der Waals surface area (Å²) in [5.41, 5.74) is 6.02. The highest BCUT2D eigenvalue weighted by atomic mass is 19.1. The van der Waals surface area contributed by atoms with E-state index in [-0.39, 0.29) is 18.0 Å². The third-order valence-electron chi connectivity index (χ3n) is 2.44. The molecule has 5 heteroatoms. The van der Waals surface area contributed by atoms with E-state index in [1.54, 1.807) is 18.4 Å². The Hall–Kier alpha value is -2.30. The van der Waals surface area contributed by atoms with Gasteiger partial charge in [0.1, 0.15) is 11.6 Å². The van der Waals surface area contributed by atoms with Crippen LogP contribution in [-0.4, -0.2) is 5.91 Å². The van der Waals surface area contributed by atoms with Gasteiger partial charge in [0.2, 0.25) is 5.91 Å². The van der Waals surface area contributed by atoms with Gasteiger partial charge in [0.25, 0.3) is 0 Å². The van der Waals surface area contributed by atoms with Crippen LogP contribution >= 0.6 is 0 Å². The zero-order valence-electron chi connectivity index (χ0n) is 9.65. The lowest BCUT2D eigenvalue weighted by molar-refractivity contribution is -0.116. The molecule has 94 valence electrons. The maximum absolute atomic E-state index is 13.4. The van der Waals surface area contributed by atoms with E-state index in [1.807, 2.05) is 0 Å². The van der Waals surface area contributed by atoms with Crippen LogP contribution < -0.4 is 11.1 Å². The van der Waals surface area contributed by atoms with Gasteiger partial charge >= 0.3 is 0 Å². The molecule has 0 saturated carbocycles. The summed E-state index contributed by atoms with van der Waals surface area (Å²) in [4.78, 5) is 11.6. The topological polar surface area (TPSA) is 68.3 Å². The van der Waals surface area contributed by atoms with Gasteiger partial charge in [0.05, 0.1) is 12.0 Å². The van der Waals surface area contributed by atoms with Crippen LogP contribution in [0.3, 0.4) is 0 Å². The van der Waals surface area contributed by atoms with Crippen molar-refractivity contribution in [3.8, 4) is 0 Å². The Morgan fingerprint density at radius 1 is 1.39 bits per heavy atom.